The van der Waals surface area contributed by atoms with Gasteiger partial charge in [-0.1, -0.05) is 0 Å². The standard InChI is InChI=1S/C4H7NO.CHNO2/c1-4(2,6)3-5;2-1-4-3/h6H,1-2H3;3H. The Labute approximate surface area is 58.6 Å². The molecule has 5 nitrogen and oxygen atoms in total. The summed E-state index contributed by atoms with van der Waals surface area (Å²) in [6.45, 7) is 2.88. The SMILES string of the molecule is CC(C)(O)C#N.N#COO. The maximum absolute atomic E-state index is 8.47. The number of rotatable bonds is 0. The zero-order valence-corrected chi connectivity index (χ0v) is 5.70. The first-order valence-corrected chi connectivity index (χ1v) is 2.31. The van der Waals surface area contributed by atoms with Gasteiger partial charge in [-0.05, 0) is 13.8 Å². The van der Waals surface area contributed by atoms with Crippen LogP contribution < -0.4 is 0 Å². The first kappa shape index (κ1) is 11.5. The van der Waals surface area contributed by atoms with Gasteiger partial charge in [0.05, 0.1) is 6.07 Å². The van der Waals surface area contributed by atoms with Gasteiger partial charge in [0, 0.05) is 0 Å². The second-order valence-electron chi connectivity index (χ2n) is 1.85. The minimum absolute atomic E-state index is 0.986. The molecule has 0 aromatic rings. The Bertz CT molecular complexity index is 148. The van der Waals surface area contributed by atoms with E-state index < -0.39 is 5.60 Å². The summed E-state index contributed by atoms with van der Waals surface area (Å²) in [4.78, 5) is 2.85. The maximum Gasteiger partial charge on any atom is 0.324 e. The molecule has 0 aliphatic rings. The van der Waals surface area contributed by atoms with Crippen LogP contribution in [0.5, 0.6) is 0 Å². The van der Waals surface area contributed by atoms with Crippen molar-refractivity contribution in [1.29, 1.82) is 10.5 Å². The minimum atomic E-state index is -1.15. The van der Waals surface area contributed by atoms with Crippen molar-refractivity contribution < 1.29 is 15.3 Å². The smallest absolute Gasteiger partial charge is 0.324 e. The Balaban J connectivity index is 0. The Morgan fingerprint density at radius 1 is 1.40 bits per heavy atom. The average molecular weight is 144 g/mol. The van der Waals surface area contributed by atoms with Crippen LogP contribution in [0.3, 0.4) is 0 Å². The largest absolute Gasteiger partial charge is 0.376 e. The molecule has 0 atom stereocenters. The van der Waals surface area contributed by atoms with Gasteiger partial charge in [0.25, 0.3) is 0 Å². The van der Waals surface area contributed by atoms with E-state index in [0.29, 0.717) is 0 Å². The van der Waals surface area contributed by atoms with Gasteiger partial charge >= 0.3 is 6.26 Å². The Morgan fingerprint density at radius 2 is 1.60 bits per heavy atom. The summed E-state index contributed by atoms with van der Waals surface area (Å²) in [6.07, 6.45) is 0.986. The van der Waals surface area contributed by atoms with Crippen molar-refractivity contribution in [1.82, 2.24) is 0 Å². The van der Waals surface area contributed by atoms with E-state index in [9.17, 15) is 0 Å². The van der Waals surface area contributed by atoms with Crippen LogP contribution in [0.2, 0.25) is 0 Å². The predicted octanol–water partition coefficient (Wildman–Crippen LogP) is 0.238. The highest BCUT2D eigenvalue weighted by molar-refractivity contribution is 4.91. The van der Waals surface area contributed by atoms with E-state index in [1.165, 1.54) is 13.8 Å². The minimum Gasteiger partial charge on any atom is -0.376 e. The lowest BCUT2D eigenvalue weighted by Gasteiger charge is -2.00. The van der Waals surface area contributed by atoms with Crippen molar-refractivity contribution in [3.8, 4) is 12.3 Å². The molecule has 0 radical (unpaired) electrons. The van der Waals surface area contributed by atoms with E-state index in [0.717, 1.165) is 6.26 Å². The molecule has 0 aliphatic carbocycles. The molecular formula is C5H8N2O3. The van der Waals surface area contributed by atoms with Gasteiger partial charge in [0.1, 0.15) is 5.60 Å². The van der Waals surface area contributed by atoms with Crippen molar-refractivity contribution in [2.45, 2.75) is 19.4 Å². The van der Waals surface area contributed by atoms with Crippen molar-refractivity contribution in [2.24, 2.45) is 0 Å². The first-order valence-electron chi connectivity index (χ1n) is 2.31. The summed E-state index contributed by atoms with van der Waals surface area (Å²) in [5.41, 5.74) is -1.15. The van der Waals surface area contributed by atoms with Gasteiger partial charge in [-0.2, -0.15) is 10.5 Å². The van der Waals surface area contributed by atoms with E-state index in [1.54, 1.807) is 6.07 Å². The molecule has 0 saturated heterocycles. The van der Waals surface area contributed by atoms with Crippen LogP contribution in [0, 0.1) is 22.8 Å². The van der Waals surface area contributed by atoms with Crippen molar-refractivity contribution in [3.63, 3.8) is 0 Å². The Kier molecular flexibility index (Phi) is 6.70. The quantitative estimate of drug-likeness (QED) is 0.219. The van der Waals surface area contributed by atoms with Gasteiger partial charge in [-0.15, -0.1) is 5.26 Å². The molecule has 0 heterocycles. The fourth-order valence-corrected chi connectivity index (χ4v) is 0. The van der Waals surface area contributed by atoms with Gasteiger partial charge in [-0.3, -0.25) is 4.89 Å². The summed E-state index contributed by atoms with van der Waals surface area (Å²) in [5.74, 6) is 0. The molecule has 0 aliphatic heterocycles. The first-order chi connectivity index (χ1) is 4.47. The zero-order chi connectivity index (χ0) is 8.62. The van der Waals surface area contributed by atoms with Crippen LogP contribution in [0.25, 0.3) is 0 Å². The van der Waals surface area contributed by atoms with Gasteiger partial charge < -0.3 is 5.11 Å². The normalized spacial score (nSPS) is 7.80. The van der Waals surface area contributed by atoms with Gasteiger partial charge in [-0.25, -0.2) is 0 Å². The highest BCUT2D eigenvalue weighted by Gasteiger charge is 2.07. The van der Waals surface area contributed by atoms with Crippen LogP contribution in [0.4, 0.5) is 0 Å². The van der Waals surface area contributed by atoms with E-state index >= 15 is 0 Å². The number of aliphatic hydroxyl groups is 1. The number of nitrogens with zero attached hydrogens (tertiary/aromatic N) is 2. The molecule has 0 aromatic heterocycles. The van der Waals surface area contributed by atoms with Crippen LogP contribution in [0.1, 0.15) is 13.8 Å². The van der Waals surface area contributed by atoms with Crippen LogP contribution in [0.15, 0.2) is 0 Å². The third-order valence-corrected chi connectivity index (χ3v) is 0.314. The van der Waals surface area contributed by atoms with E-state index in [-0.39, 0.29) is 0 Å². The molecule has 0 amide bonds. The summed E-state index contributed by atoms with van der Waals surface area (Å²) >= 11 is 0. The van der Waals surface area contributed by atoms with Crippen LogP contribution >= 0.6 is 0 Å². The zero-order valence-electron chi connectivity index (χ0n) is 5.70. The molecule has 0 unspecified atom stereocenters. The highest BCUT2D eigenvalue weighted by atomic mass is 17.1. The molecule has 2 N–H and O–H groups in total. The molecule has 0 bridgehead atoms. The fourth-order valence-electron chi connectivity index (χ4n) is 0. The lowest BCUT2D eigenvalue weighted by Crippen LogP contribution is -2.13. The summed E-state index contributed by atoms with van der Waals surface area (Å²) in [5, 5.41) is 30.5. The molecule has 0 spiro atoms. The van der Waals surface area contributed by atoms with E-state index in [4.69, 9.17) is 20.9 Å². The van der Waals surface area contributed by atoms with Crippen LogP contribution in [-0.2, 0) is 4.89 Å². The fraction of sp³-hybridized carbons (Fsp3) is 0.600. The van der Waals surface area contributed by atoms with Gasteiger partial charge in [0.2, 0.25) is 0 Å². The topological polar surface area (TPSA) is 97.3 Å². The second kappa shape index (κ2) is 5.83. The molecule has 0 aromatic carbocycles. The molecule has 5 heteroatoms. The number of hydrogen-bond donors (Lipinski definition) is 2. The third-order valence-electron chi connectivity index (χ3n) is 0.314. The van der Waals surface area contributed by atoms with Crippen molar-refractivity contribution >= 4 is 0 Å². The molecule has 0 saturated carbocycles. The lowest BCUT2D eigenvalue weighted by atomic mass is 10.2. The summed E-state index contributed by atoms with van der Waals surface area (Å²) < 4.78 is 0. The summed E-state index contributed by atoms with van der Waals surface area (Å²) in [6, 6.07) is 1.66. The molecule has 0 rings (SSSR count). The van der Waals surface area contributed by atoms with Crippen molar-refractivity contribution in [2.75, 3.05) is 0 Å². The number of hydrogen-bond acceptors (Lipinski definition) is 5. The van der Waals surface area contributed by atoms with Gasteiger partial charge in [0.15, 0.2) is 0 Å². The van der Waals surface area contributed by atoms with Crippen molar-refractivity contribution in [3.05, 3.63) is 0 Å². The highest BCUT2D eigenvalue weighted by Crippen LogP contribution is 1.93. The third kappa shape index (κ3) is 29.9. The predicted molar refractivity (Wildman–Crippen MR) is 31.2 cm³/mol. The molecule has 56 valence electrons. The second-order valence-corrected chi connectivity index (χ2v) is 1.85. The monoisotopic (exact) mass is 144 g/mol. The summed E-state index contributed by atoms with van der Waals surface area (Å²) in [7, 11) is 0. The Morgan fingerprint density at radius 3 is 1.60 bits per heavy atom. The molecule has 10 heavy (non-hydrogen) atoms. The molecule has 0 fully saturated rings. The number of nitriles is 2. The van der Waals surface area contributed by atoms with E-state index in [2.05, 4.69) is 4.89 Å². The Hall–Kier alpha value is -1.30. The average Bonchev–Trinajstić information content (AvgIpc) is 1.87. The van der Waals surface area contributed by atoms with Crippen LogP contribution in [-0.4, -0.2) is 16.0 Å². The lowest BCUT2D eigenvalue weighted by molar-refractivity contribution is -0.174. The maximum atomic E-state index is 8.47. The van der Waals surface area contributed by atoms with E-state index in [1.807, 2.05) is 0 Å². The molecular weight excluding hydrogens is 136 g/mol.